The first-order valence-electron chi connectivity index (χ1n) is 5.50. The van der Waals surface area contributed by atoms with Gasteiger partial charge in [0.05, 0.1) is 6.61 Å². The van der Waals surface area contributed by atoms with Gasteiger partial charge in [0.15, 0.2) is 0 Å². The highest BCUT2D eigenvalue weighted by Gasteiger charge is 2.37. The van der Waals surface area contributed by atoms with Gasteiger partial charge in [-0.1, -0.05) is 18.2 Å². The summed E-state index contributed by atoms with van der Waals surface area (Å²) in [4.78, 5) is 0. The Bertz CT molecular complexity index is 332. The van der Waals surface area contributed by atoms with Crippen molar-refractivity contribution in [3.05, 3.63) is 36.9 Å². The van der Waals surface area contributed by atoms with Gasteiger partial charge in [0.1, 0.15) is 31.0 Å². The number of nitrogen functional groups attached to an aromatic ring is 1. The average Bonchev–Trinajstić information content (AvgIpc) is 2.38. The monoisotopic (exact) mass is 256 g/mol. The smallest absolute Gasteiger partial charge is 0.115 e. The molecular weight excluding hydrogens is 238 g/mol. The van der Waals surface area contributed by atoms with E-state index in [0.29, 0.717) is 0 Å². The van der Waals surface area contributed by atoms with E-state index in [2.05, 4.69) is 4.74 Å². The van der Waals surface area contributed by atoms with E-state index in [9.17, 15) is 0 Å². The number of para-hydroxylation sites is 1. The predicted octanol–water partition coefficient (Wildman–Crippen LogP) is -1.11. The maximum atomic E-state index is 9.09. The molecule has 4 atom stereocenters. The van der Waals surface area contributed by atoms with Crippen LogP contribution in [0.15, 0.2) is 30.3 Å². The van der Waals surface area contributed by atoms with Crippen LogP contribution in [0.1, 0.15) is 0 Å². The van der Waals surface area contributed by atoms with Gasteiger partial charge in [-0.15, -0.1) is 0 Å². The molecule has 1 aliphatic heterocycles. The number of hydrogen-bond donors (Lipinski definition) is 5. The minimum absolute atomic E-state index is 0.387. The molecule has 18 heavy (non-hydrogen) atoms. The van der Waals surface area contributed by atoms with Crippen molar-refractivity contribution in [3.63, 3.8) is 0 Å². The molecule has 0 bridgehead atoms. The van der Waals surface area contributed by atoms with Crippen LogP contribution in [0, 0.1) is 6.61 Å². The van der Waals surface area contributed by atoms with Crippen molar-refractivity contribution in [2.45, 2.75) is 24.4 Å². The van der Waals surface area contributed by atoms with E-state index in [4.69, 9.17) is 26.2 Å². The van der Waals surface area contributed by atoms with Gasteiger partial charge < -0.3 is 30.9 Å². The van der Waals surface area contributed by atoms with Crippen LogP contribution in [-0.4, -0.2) is 51.4 Å². The predicted molar refractivity (Wildman–Crippen MR) is 65.1 cm³/mol. The third-order valence-electron chi connectivity index (χ3n) is 2.45. The van der Waals surface area contributed by atoms with Crippen molar-refractivity contribution in [2.24, 2.45) is 0 Å². The van der Waals surface area contributed by atoms with Gasteiger partial charge in [-0.3, -0.25) is 0 Å². The topological polar surface area (TPSA) is 116 Å². The molecule has 0 amide bonds. The zero-order valence-corrected chi connectivity index (χ0v) is 9.76. The number of aliphatic hydroxyl groups excluding tert-OH is 4. The molecule has 6 nitrogen and oxygen atoms in total. The quantitative estimate of drug-likeness (QED) is 0.407. The Morgan fingerprint density at radius 1 is 1.06 bits per heavy atom. The summed E-state index contributed by atoms with van der Waals surface area (Å²) in [5, 5.41) is 35.6. The van der Waals surface area contributed by atoms with E-state index in [-0.39, 0.29) is 6.61 Å². The third-order valence-corrected chi connectivity index (χ3v) is 2.45. The molecule has 1 saturated heterocycles. The molecule has 6 heteroatoms. The zero-order valence-electron chi connectivity index (χ0n) is 9.76. The molecule has 101 valence electrons. The first-order chi connectivity index (χ1) is 8.56. The lowest BCUT2D eigenvalue weighted by Gasteiger charge is -2.33. The number of aliphatic hydroxyl groups is 4. The van der Waals surface area contributed by atoms with Gasteiger partial charge in [0, 0.05) is 5.69 Å². The summed E-state index contributed by atoms with van der Waals surface area (Å²) in [6.45, 7) is 0.611. The summed E-state index contributed by atoms with van der Waals surface area (Å²) in [7, 11) is 0. The van der Waals surface area contributed by atoms with Crippen molar-refractivity contribution in [3.8, 4) is 0 Å². The second-order valence-electron chi connectivity index (χ2n) is 3.88. The molecule has 2 rings (SSSR count). The maximum absolute atomic E-state index is 9.09. The van der Waals surface area contributed by atoms with Crippen LogP contribution in [0.2, 0.25) is 0 Å². The molecule has 1 radical (unpaired) electrons. The highest BCUT2D eigenvalue weighted by Crippen LogP contribution is 2.17. The number of rotatable bonds is 1. The summed E-state index contributed by atoms with van der Waals surface area (Å²) in [5.74, 6) is 0. The fourth-order valence-corrected chi connectivity index (χ4v) is 1.37. The first-order valence-corrected chi connectivity index (χ1v) is 5.50. The first kappa shape index (κ1) is 14.9. The van der Waals surface area contributed by atoms with Crippen molar-refractivity contribution < 1.29 is 25.2 Å². The Hall–Kier alpha value is -1.18. The second kappa shape index (κ2) is 7.30. The molecule has 1 aromatic carbocycles. The lowest BCUT2D eigenvalue weighted by Crippen LogP contribution is -2.52. The molecule has 0 spiro atoms. The molecule has 1 heterocycles. The number of anilines is 1. The van der Waals surface area contributed by atoms with Gasteiger partial charge in [-0.05, 0) is 12.1 Å². The Morgan fingerprint density at radius 3 is 2.11 bits per heavy atom. The van der Waals surface area contributed by atoms with Gasteiger partial charge in [0.2, 0.25) is 0 Å². The van der Waals surface area contributed by atoms with Crippen LogP contribution in [0.3, 0.4) is 0 Å². The number of nitrogens with two attached hydrogens (primary N) is 1. The Balaban J connectivity index is 0.000000199. The van der Waals surface area contributed by atoms with Crippen LogP contribution < -0.4 is 5.73 Å². The molecule has 0 unspecified atom stereocenters. The van der Waals surface area contributed by atoms with Gasteiger partial charge in [-0.25, -0.2) is 0 Å². The second-order valence-corrected chi connectivity index (χ2v) is 3.88. The minimum Gasteiger partial charge on any atom is -0.399 e. The van der Waals surface area contributed by atoms with E-state index >= 15 is 0 Å². The molecule has 1 fully saturated rings. The van der Waals surface area contributed by atoms with E-state index in [1.807, 2.05) is 30.3 Å². The number of ether oxygens (including phenoxy) is 1. The SMILES string of the molecule is Nc1ccccc1.OC[C@H]1O[CH][C@H](O)[C@@H](O)[C@@H]1O. The number of hydrogen-bond acceptors (Lipinski definition) is 6. The van der Waals surface area contributed by atoms with E-state index < -0.39 is 24.4 Å². The van der Waals surface area contributed by atoms with Crippen LogP contribution in [0.5, 0.6) is 0 Å². The molecule has 0 saturated carbocycles. The van der Waals surface area contributed by atoms with Crippen LogP contribution >= 0.6 is 0 Å². The van der Waals surface area contributed by atoms with Crippen LogP contribution in [0.25, 0.3) is 0 Å². The third kappa shape index (κ3) is 4.25. The Kier molecular flexibility index (Phi) is 6.03. The summed E-state index contributed by atoms with van der Waals surface area (Å²) >= 11 is 0. The van der Waals surface area contributed by atoms with Gasteiger partial charge in [0.25, 0.3) is 0 Å². The highest BCUT2D eigenvalue weighted by atomic mass is 16.5. The molecule has 1 aliphatic rings. The Labute approximate surface area is 105 Å². The van der Waals surface area contributed by atoms with E-state index in [1.165, 1.54) is 0 Å². The molecule has 0 aromatic heterocycles. The van der Waals surface area contributed by atoms with Crippen molar-refractivity contribution in [1.82, 2.24) is 0 Å². The fourth-order valence-electron chi connectivity index (χ4n) is 1.37. The lowest BCUT2D eigenvalue weighted by molar-refractivity contribution is -0.169. The largest absolute Gasteiger partial charge is 0.399 e. The van der Waals surface area contributed by atoms with Crippen molar-refractivity contribution >= 4 is 5.69 Å². The average molecular weight is 256 g/mol. The van der Waals surface area contributed by atoms with Crippen LogP contribution in [-0.2, 0) is 4.74 Å². The highest BCUT2D eigenvalue weighted by molar-refractivity contribution is 5.35. The zero-order chi connectivity index (χ0) is 13.5. The molecule has 1 aromatic rings. The summed E-state index contributed by atoms with van der Waals surface area (Å²) in [6, 6.07) is 9.49. The molecule has 6 N–H and O–H groups in total. The van der Waals surface area contributed by atoms with Crippen LogP contribution in [0.4, 0.5) is 5.69 Å². The maximum Gasteiger partial charge on any atom is 0.115 e. The fraction of sp³-hybridized carbons (Fsp3) is 0.417. The van der Waals surface area contributed by atoms with E-state index in [1.54, 1.807) is 0 Å². The van der Waals surface area contributed by atoms with Crippen molar-refractivity contribution in [1.29, 1.82) is 0 Å². The standard InChI is InChI=1S/C6H7N.C6H11O5/c7-6-4-2-1-3-5-6;7-1-4-6(10)5(9)3(8)2-11-4/h1-5H,7H2;2-10H,1H2/t;3-,4+,5+,6+/m.0/s1. The summed E-state index contributed by atoms with van der Waals surface area (Å²) < 4.78 is 4.69. The van der Waals surface area contributed by atoms with E-state index in [0.717, 1.165) is 12.3 Å². The Morgan fingerprint density at radius 2 is 1.67 bits per heavy atom. The van der Waals surface area contributed by atoms with Crippen molar-refractivity contribution in [2.75, 3.05) is 12.3 Å². The van der Waals surface area contributed by atoms with Gasteiger partial charge in [-0.2, -0.15) is 0 Å². The number of benzene rings is 1. The summed E-state index contributed by atoms with van der Waals surface area (Å²) in [6.07, 6.45) is -4.54. The molecular formula is C12H18NO5. The summed E-state index contributed by atoms with van der Waals surface area (Å²) in [5.41, 5.74) is 6.18. The normalized spacial score (nSPS) is 31.3. The minimum atomic E-state index is -1.28. The molecule has 0 aliphatic carbocycles. The van der Waals surface area contributed by atoms with Gasteiger partial charge >= 0.3 is 0 Å². The lowest BCUT2D eigenvalue weighted by atomic mass is 10.0.